The van der Waals surface area contributed by atoms with Gasteiger partial charge in [0.1, 0.15) is 26.2 Å². The van der Waals surface area contributed by atoms with E-state index in [1.807, 2.05) is 16.7 Å². The predicted molar refractivity (Wildman–Crippen MR) is 83.3 cm³/mol. The van der Waals surface area contributed by atoms with E-state index in [1.54, 1.807) is 4.90 Å². The van der Waals surface area contributed by atoms with E-state index in [4.69, 9.17) is 0 Å². The molecule has 0 atom stereocenters. The first-order valence-electron chi connectivity index (χ1n) is 7.64. The van der Waals surface area contributed by atoms with E-state index in [9.17, 15) is 0 Å². The lowest BCUT2D eigenvalue weighted by atomic mass is 10.2. The minimum absolute atomic E-state index is 1.26. The zero-order chi connectivity index (χ0) is 13.5. The zero-order valence-corrected chi connectivity index (χ0v) is 13.2. The Hall–Kier alpha value is -0.510. The summed E-state index contributed by atoms with van der Waals surface area (Å²) >= 11 is 2.00. The third-order valence-electron chi connectivity index (χ3n) is 4.13. The van der Waals surface area contributed by atoms with Crippen LogP contribution in [0.4, 0.5) is 0 Å². The van der Waals surface area contributed by atoms with Crippen LogP contribution in [-0.4, -0.2) is 45.0 Å². The van der Waals surface area contributed by atoms with Crippen molar-refractivity contribution >= 4 is 11.8 Å². The first-order valence-corrected chi connectivity index (χ1v) is 8.63. The second-order valence-electron chi connectivity index (χ2n) is 5.62. The number of thioether (sulfide) groups is 1. The molecule has 1 aliphatic rings. The van der Waals surface area contributed by atoms with Gasteiger partial charge in [0.2, 0.25) is 0 Å². The highest BCUT2D eigenvalue weighted by Gasteiger charge is 2.20. The maximum atomic E-state index is 2.30. The molecular formula is C16H28N2S+2. The van der Waals surface area contributed by atoms with Gasteiger partial charge >= 0.3 is 0 Å². The highest BCUT2D eigenvalue weighted by Crippen LogP contribution is 2.18. The summed E-state index contributed by atoms with van der Waals surface area (Å²) in [7, 11) is 0. The average molecular weight is 280 g/mol. The summed E-state index contributed by atoms with van der Waals surface area (Å²) in [5.41, 5.74) is 1.35. The van der Waals surface area contributed by atoms with Crippen molar-refractivity contribution in [3.8, 4) is 0 Å². The van der Waals surface area contributed by atoms with E-state index < -0.39 is 0 Å². The van der Waals surface area contributed by atoms with Gasteiger partial charge in [-0.1, -0.05) is 17.7 Å². The van der Waals surface area contributed by atoms with Gasteiger partial charge in [-0.3, -0.25) is 0 Å². The van der Waals surface area contributed by atoms with E-state index in [2.05, 4.69) is 38.1 Å². The lowest BCUT2D eigenvalue weighted by Gasteiger charge is -2.28. The number of quaternary nitrogens is 2. The van der Waals surface area contributed by atoms with Crippen molar-refractivity contribution in [1.82, 2.24) is 0 Å². The third kappa shape index (κ3) is 5.17. The van der Waals surface area contributed by atoms with Crippen LogP contribution < -0.4 is 9.80 Å². The Morgan fingerprint density at radius 3 is 2.26 bits per heavy atom. The molecule has 0 unspecified atom stereocenters. The summed E-state index contributed by atoms with van der Waals surface area (Å²) in [6.45, 7) is 12.6. The van der Waals surface area contributed by atoms with Gasteiger partial charge in [-0.25, -0.2) is 0 Å². The number of likely N-dealkylation sites (N-methyl/N-ethyl adjacent to an activating group) is 1. The van der Waals surface area contributed by atoms with Crippen molar-refractivity contribution in [3.05, 3.63) is 29.8 Å². The minimum atomic E-state index is 1.26. The highest BCUT2D eigenvalue weighted by atomic mass is 32.2. The normalized spacial score (nSPS) is 23.5. The fourth-order valence-corrected chi connectivity index (χ4v) is 3.56. The smallest absolute Gasteiger partial charge is 0.127 e. The SMILES string of the molecule is CC[NH+]1CC[NH+](CCCSc2ccc(C)cc2)CC1. The molecule has 3 heteroatoms. The van der Waals surface area contributed by atoms with E-state index in [0.29, 0.717) is 0 Å². The van der Waals surface area contributed by atoms with Gasteiger partial charge in [-0.05, 0) is 26.0 Å². The molecule has 0 aliphatic carbocycles. The van der Waals surface area contributed by atoms with Crippen molar-refractivity contribution < 1.29 is 9.80 Å². The summed E-state index contributed by atoms with van der Waals surface area (Å²) in [4.78, 5) is 5.03. The molecule has 106 valence electrons. The third-order valence-corrected chi connectivity index (χ3v) is 5.23. The van der Waals surface area contributed by atoms with Gasteiger partial charge in [0.05, 0.1) is 13.1 Å². The molecule has 0 amide bonds. The number of benzene rings is 1. The van der Waals surface area contributed by atoms with Crippen LogP contribution in [0.5, 0.6) is 0 Å². The van der Waals surface area contributed by atoms with E-state index in [0.717, 1.165) is 0 Å². The van der Waals surface area contributed by atoms with Crippen LogP contribution in [0.1, 0.15) is 18.9 Å². The van der Waals surface area contributed by atoms with E-state index >= 15 is 0 Å². The van der Waals surface area contributed by atoms with Crippen molar-refractivity contribution in [2.24, 2.45) is 0 Å². The Kier molecular flexibility index (Phi) is 6.21. The van der Waals surface area contributed by atoms with Gasteiger partial charge in [0.15, 0.2) is 0 Å². The van der Waals surface area contributed by atoms with E-state index in [1.165, 1.54) is 61.9 Å². The first-order chi connectivity index (χ1) is 9.28. The summed E-state index contributed by atoms with van der Waals surface area (Å²) < 4.78 is 0. The molecule has 19 heavy (non-hydrogen) atoms. The lowest BCUT2D eigenvalue weighted by Crippen LogP contribution is -3.28. The number of rotatable bonds is 6. The van der Waals surface area contributed by atoms with Gasteiger partial charge in [-0.2, -0.15) is 0 Å². The topological polar surface area (TPSA) is 8.88 Å². The summed E-state index contributed by atoms with van der Waals surface area (Å²) in [5.74, 6) is 1.26. The molecule has 1 aliphatic heterocycles. The summed E-state index contributed by atoms with van der Waals surface area (Å²) in [6.07, 6.45) is 1.34. The van der Waals surface area contributed by atoms with Gasteiger partial charge in [0.25, 0.3) is 0 Å². The maximum absolute atomic E-state index is 2.30. The Balaban J connectivity index is 1.58. The Morgan fingerprint density at radius 2 is 1.63 bits per heavy atom. The summed E-state index contributed by atoms with van der Waals surface area (Å²) in [6, 6.07) is 8.91. The fraction of sp³-hybridized carbons (Fsp3) is 0.625. The molecule has 0 bridgehead atoms. The molecule has 0 saturated carbocycles. The molecule has 2 nitrogen and oxygen atoms in total. The molecular weight excluding hydrogens is 252 g/mol. The Labute approximate surface area is 122 Å². The Bertz CT molecular complexity index is 356. The molecule has 1 fully saturated rings. The molecule has 1 aromatic carbocycles. The van der Waals surface area contributed by atoms with Crippen LogP contribution in [0.25, 0.3) is 0 Å². The molecule has 2 rings (SSSR count). The standard InChI is InChI=1S/C16H26N2S/c1-3-17-10-12-18(13-11-17)9-4-14-19-16-7-5-15(2)6-8-16/h5-8H,3-4,9-14H2,1-2H3/p+2. The van der Waals surface area contributed by atoms with Crippen molar-refractivity contribution in [3.63, 3.8) is 0 Å². The monoisotopic (exact) mass is 280 g/mol. The van der Waals surface area contributed by atoms with Crippen LogP contribution in [-0.2, 0) is 0 Å². The molecule has 1 aromatic rings. The predicted octanol–water partition coefficient (Wildman–Crippen LogP) is 0.281. The second-order valence-corrected chi connectivity index (χ2v) is 6.79. The van der Waals surface area contributed by atoms with Crippen molar-refractivity contribution in [2.45, 2.75) is 25.2 Å². The number of hydrogen-bond donors (Lipinski definition) is 2. The van der Waals surface area contributed by atoms with Crippen LogP contribution >= 0.6 is 11.8 Å². The molecule has 1 heterocycles. The quantitative estimate of drug-likeness (QED) is 0.562. The number of nitrogens with one attached hydrogen (secondary N) is 2. The molecule has 1 saturated heterocycles. The molecule has 2 N–H and O–H groups in total. The average Bonchev–Trinajstić information content (AvgIpc) is 2.46. The summed E-state index contributed by atoms with van der Waals surface area (Å²) in [5, 5.41) is 0. The van der Waals surface area contributed by atoms with Gasteiger partial charge < -0.3 is 9.80 Å². The van der Waals surface area contributed by atoms with Crippen LogP contribution in [0.15, 0.2) is 29.2 Å². The largest absolute Gasteiger partial charge is 0.326 e. The van der Waals surface area contributed by atoms with E-state index in [-0.39, 0.29) is 0 Å². The molecule has 0 spiro atoms. The second kappa shape index (κ2) is 7.93. The number of hydrogen-bond acceptors (Lipinski definition) is 1. The van der Waals surface area contributed by atoms with Crippen LogP contribution in [0.3, 0.4) is 0 Å². The first kappa shape index (κ1) is 14.9. The maximum Gasteiger partial charge on any atom is 0.127 e. The lowest BCUT2D eigenvalue weighted by molar-refractivity contribution is -1.01. The van der Waals surface area contributed by atoms with Gasteiger partial charge in [0, 0.05) is 17.1 Å². The fourth-order valence-electron chi connectivity index (χ4n) is 2.71. The molecule has 0 aromatic heterocycles. The minimum Gasteiger partial charge on any atom is -0.326 e. The van der Waals surface area contributed by atoms with Crippen molar-refractivity contribution in [1.29, 1.82) is 0 Å². The van der Waals surface area contributed by atoms with Gasteiger partial charge in [-0.15, -0.1) is 11.8 Å². The van der Waals surface area contributed by atoms with Crippen LogP contribution in [0.2, 0.25) is 0 Å². The zero-order valence-electron chi connectivity index (χ0n) is 12.4. The number of aryl methyl sites for hydroxylation is 1. The van der Waals surface area contributed by atoms with Crippen LogP contribution in [0, 0.1) is 6.92 Å². The van der Waals surface area contributed by atoms with Crippen molar-refractivity contribution in [2.75, 3.05) is 45.0 Å². The highest BCUT2D eigenvalue weighted by molar-refractivity contribution is 7.99. The number of piperazine rings is 1. The Morgan fingerprint density at radius 1 is 1.00 bits per heavy atom. The molecule has 0 radical (unpaired) electrons.